The maximum Gasteiger partial charge on any atom is 0.308 e. The molecule has 0 heterocycles. The number of hydrogen-bond donors (Lipinski definition) is 3. The number of hydrogen-bond acceptors (Lipinski definition) is 5. The van der Waals surface area contributed by atoms with Gasteiger partial charge in [0, 0.05) is 5.75 Å². The van der Waals surface area contributed by atoms with Crippen LogP contribution in [-0.2, 0) is 15.3 Å². The van der Waals surface area contributed by atoms with E-state index in [-0.39, 0.29) is 13.0 Å². The Morgan fingerprint density at radius 3 is 2.78 bits per heavy atom. The highest BCUT2D eigenvalue weighted by atomic mass is 32.1. The Kier molecular flexibility index (Phi) is 6.18. The molecular weight excluding hydrogens is 252 g/mol. The summed E-state index contributed by atoms with van der Waals surface area (Å²) >= 11 is 4.14. The topological polar surface area (TPSA) is 66.8 Å². The van der Waals surface area contributed by atoms with Crippen molar-refractivity contribution >= 4 is 18.6 Å². The Labute approximate surface area is 112 Å². The van der Waals surface area contributed by atoms with Crippen molar-refractivity contribution < 1.29 is 19.7 Å². The summed E-state index contributed by atoms with van der Waals surface area (Å²) in [5, 5.41) is 19.7. The van der Waals surface area contributed by atoms with Crippen LogP contribution in [0.15, 0.2) is 24.3 Å². The summed E-state index contributed by atoms with van der Waals surface area (Å²) in [5.74, 6) is 0.0311. The molecule has 0 saturated carbocycles. The Bertz CT molecular complexity index is 394. The second kappa shape index (κ2) is 7.41. The fourth-order valence-corrected chi connectivity index (χ4v) is 1.80. The predicted octanol–water partition coefficient (Wildman–Crippen LogP) is 1.46. The SMILES string of the molecule is CCOC(=O)CC(O)C(O)c1cccc(CS)c1. The lowest BCUT2D eigenvalue weighted by atomic mass is 10.0. The van der Waals surface area contributed by atoms with Crippen LogP contribution in [0.5, 0.6) is 0 Å². The number of aliphatic hydroxyl groups excluding tert-OH is 2. The zero-order chi connectivity index (χ0) is 13.5. The molecule has 0 aliphatic rings. The highest BCUT2D eigenvalue weighted by Gasteiger charge is 2.22. The van der Waals surface area contributed by atoms with E-state index in [4.69, 9.17) is 4.74 Å². The van der Waals surface area contributed by atoms with Crippen molar-refractivity contribution in [2.24, 2.45) is 0 Å². The summed E-state index contributed by atoms with van der Waals surface area (Å²) in [6.45, 7) is 1.95. The smallest absolute Gasteiger partial charge is 0.308 e. The van der Waals surface area contributed by atoms with E-state index >= 15 is 0 Å². The first kappa shape index (κ1) is 15.0. The van der Waals surface area contributed by atoms with Gasteiger partial charge >= 0.3 is 5.97 Å². The third-order valence-electron chi connectivity index (χ3n) is 2.52. The van der Waals surface area contributed by atoms with E-state index in [0.717, 1.165) is 5.56 Å². The van der Waals surface area contributed by atoms with Crippen LogP contribution in [0.2, 0.25) is 0 Å². The third-order valence-corrected chi connectivity index (χ3v) is 2.89. The Morgan fingerprint density at radius 2 is 2.17 bits per heavy atom. The minimum Gasteiger partial charge on any atom is -0.466 e. The second-order valence-corrected chi connectivity index (χ2v) is 4.24. The normalized spacial score (nSPS) is 14.0. The van der Waals surface area contributed by atoms with Gasteiger partial charge in [-0.15, -0.1) is 0 Å². The van der Waals surface area contributed by atoms with E-state index in [1.165, 1.54) is 0 Å². The molecular formula is C13H18O4S. The summed E-state index contributed by atoms with van der Waals surface area (Å²) in [7, 11) is 0. The molecule has 2 N–H and O–H groups in total. The largest absolute Gasteiger partial charge is 0.466 e. The van der Waals surface area contributed by atoms with Gasteiger partial charge in [-0.3, -0.25) is 4.79 Å². The highest BCUT2D eigenvalue weighted by molar-refractivity contribution is 7.79. The van der Waals surface area contributed by atoms with Crippen LogP contribution in [-0.4, -0.2) is 28.9 Å². The number of rotatable bonds is 6. The molecule has 2 unspecified atom stereocenters. The van der Waals surface area contributed by atoms with Crippen LogP contribution in [0.4, 0.5) is 0 Å². The predicted molar refractivity (Wildman–Crippen MR) is 71.3 cm³/mol. The zero-order valence-electron chi connectivity index (χ0n) is 10.2. The molecule has 0 fully saturated rings. The lowest BCUT2D eigenvalue weighted by Crippen LogP contribution is -2.23. The van der Waals surface area contributed by atoms with Gasteiger partial charge in [0.1, 0.15) is 6.10 Å². The first-order chi connectivity index (χ1) is 8.58. The number of aliphatic hydroxyl groups is 2. The monoisotopic (exact) mass is 270 g/mol. The summed E-state index contributed by atoms with van der Waals surface area (Å²) in [5.41, 5.74) is 1.51. The molecule has 0 aromatic heterocycles. The molecule has 0 bridgehead atoms. The maximum absolute atomic E-state index is 11.2. The van der Waals surface area contributed by atoms with Gasteiger partial charge in [-0.1, -0.05) is 24.3 Å². The fraction of sp³-hybridized carbons (Fsp3) is 0.462. The van der Waals surface area contributed by atoms with Crippen LogP contribution in [0.25, 0.3) is 0 Å². The summed E-state index contributed by atoms with van der Waals surface area (Å²) in [6.07, 6.45) is -2.49. The number of carbonyl (C=O) groups is 1. The third kappa shape index (κ3) is 4.33. The molecule has 0 saturated heterocycles. The molecule has 1 rings (SSSR count). The van der Waals surface area contributed by atoms with Crippen molar-refractivity contribution in [2.75, 3.05) is 6.61 Å². The first-order valence-corrected chi connectivity index (χ1v) is 6.43. The van der Waals surface area contributed by atoms with Gasteiger partial charge in [0.05, 0.1) is 19.1 Å². The number of benzene rings is 1. The van der Waals surface area contributed by atoms with E-state index in [1.54, 1.807) is 25.1 Å². The fourth-order valence-electron chi connectivity index (χ4n) is 1.60. The minimum absolute atomic E-state index is 0.222. The van der Waals surface area contributed by atoms with E-state index < -0.39 is 18.2 Å². The molecule has 4 nitrogen and oxygen atoms in total. The number of carbonyl (C=O) groups excluding carboxylic acids is 1. The number of thiol groups is 1. The maximum atomic E-state index is 11.2. The molecule has 0 amide bonds. The van der Waals surface area contributed by atoms with E-state index in [9.17, 15) is 15.0 Å². The molecule has 1 aromatic carbocycles. The Hall–Kier alpha value is -1.04. The summed E-state index contributed by atoms with van der Waals surface area (Å²) < 4.78 is 4.72. The first-order valence-electron chi connectivity index (χ1n) is 5.80. The Balaban J connectivity index is 2.67. The van der Waals surface area contributed by atoms with Crippen LogP contribution in [0.1, 0.15) is 30.6 Å². The lowest BCUT2D eigenvalue weighted by molar-refractivity contribution is -0.147. The van der Waals surface area contributed by atoms with E-state index in [2.05, 4.69) is 12.6 Å². The quantitative estimate of drug-likeness (QED) is 0.541. The average Bonchev–Trinajstić information content (AvgIpc) is 2.38. The van der Waals surface area contributed by atoms with Crippen LogP contribution < -0.4 is 0 Å². The number of ether oxygens (including phenoxy) is 1. The van der Waals surface area contributed by atoms with Gasteiger partial charge in [-0.2, -0.15) is 12.6 Å². The molecule has 100 valence electrons. The number of esters is 1. The van der Waals surface area contributed by atoms with E-state index in [0.29, 0.717) is 11.3 Å². The molecule has 2 atom stereocenters. The van der Waals surface area contributed by atoms with Gasteiger partial charge in [0.15, 0.2) is 0 Å². The molecule has 18 heavy (non-hydrogen) atoms. The van der Waals surface area contributed by atoms with Crippen LogP contribution in [0.3, 0.4) is 0 Å². The molecule has 0 aliphatic heterocycles. The molecule has 0 radical (unpaired) electrons. The van der Waals surface area contributed by atoms with E-state index in [1.807, 2.05) is 6.07 Å². The van der Waals surface area contributed by atoms with Crippen molar-refractivity contribution in [3.8, 4) is 0 Å². The molecule has 0 aliphatic carbocycles. The standard InChI is InChI=1S/C13H18O4S/c1-2-17-12(15)7-11(14)13(16)10-5-3-4-9(6-10)8-18/h3-6,11,13-14,16,18H,2,7-8H2,1H3. The van der Waals surface area contributed by atoms with Gasteiger partial charge in [-0.25, -0.2) is 0 Å². The Morgan fingerprint density at radius 1 is 1.44 bits per heavy atom. The molecule has 0 spiro atoms. The van der Waals surface area contributed by atoms with Crippen molar-refractivity contribution in [3.63, 3.8) is 0 Å². The molecule has 5 heteroatoms. The summed E-state index contributed by atoms with van der Waals surface area (Å²) in [4.78, 5) is 11.2. The van der Waals surface area contributed by atoms with Crippen molar-refractivity contribution in [2.45, 2.75) is 31.3 Å². The van der Waals surface area contributed by atoms with Gasteiger partial charge < -0.3 is 14.9 Å². The van der Waals surface area contributed by atoms with Crippen molar-refractivity contribution in [3.05, 3.63) is 35.4 Å². The molecule has 1 aromatic rings. The van der Waals surface area contributed by atoms with Crippen molar-refractivity contribution in [1.29, 1.82) is 0 Å². The minimum atomic E-state index is -1.17. The van der Waals surface area contributed by atoms with Crippen LogP contribution >= 0.6 is 12.6 Å². The lowest BCUT2D eigenvalue weighted by Gasteiger charge is -2.18. The van der Waals surface area contributed by atoms with Gasteiger partial charge in [0.25, 0.3) is 0 Å². The van der Waals surface area contributed by atoms with Gasteiger partial charge in [0.2, 0.25) is 0 Å². The second-order valence-electron chi connectivity index (χ2n) is 3.92. The average molecular weight is 270 g/mol. The van der Waals surface area contributed by atoms with Gasteiger partial charge in [-0.05, 0) is 18.1 Å². The highest BCUT2D eigenvalue weighted by Crippen LogP contribution is 2.21. The summed E-state index contributed by atoms with van der Waals surface area (Å²) in [6, 6.07) is 7.11. The zero-order valence-corrected chi connectivity index (χ0v) is 11.1. The van der Waals surface area contributed by atoms with Crippen molar-refractivity contribution in [1.82, 2.24) is 0 Å². The van der Waals surface area contributed by atoms with Crippen LogP contribution in [0, 0.1) is 0 Å².